The first-order chi connectivity index (χ1) is 11.2. The first-order valence-electron chi connectivity index (χ1n) is 7.55. The van der Waals surface area contributed by atoms with Crippen molar-refractivity contribution in [2.75, 3.05) is 7.11 Å². The fourth-order valence-electron chi connectivity index (χ4n) is 2.60. The van der Waals surface area contributed by atoms with Crippen molar-refractivity contribution in [2.24, 2.45) is 5.73 Å². The average molecular weight is 308 g/mol. The molecule has 0 aliphatic carbocycles. The molecule has 0 bridgehead atoms. The Labute approximate surface area is 135 Å². The van der Waals surface area contributed by atoms with E-state index in [0.29, 0.717) is 6.54 Å². The molecule has 0 fully saturated rings. The fraction of sp³-hybridized carbons (Fsp3) is 0.222. The van der Waals surface area contributed by atoms with Gasteiger partial charge in [-0.2, -0.15) is 0 Å². The van der Waals surface area contributed by atoms with E-state index in [2.05, 4.69) is 23.3 Å². The Morgan fingerprint density at radius 3 is 2.48 bits per heavy atom. The first kappa shape index (κ1) is 15.2. The first-order valence-corrected chi connectivity index (χ1v) is 7.55. The molecule has 0 amide bonds. The van der Waals surface area contributed by atoms with Crippen molar-refractivity contribution >= 4 is 0 Å². The number of hydrogen-bond donors (Lipinski definition) is 1. The van der Waals surface area contributed by atoms with Crippen molar-refractivity contribution in [3.8, 4) is 11.4 Å². The molecule has 118 valence electrons. The lowest BCUT2D eigenvalue weighted by Crippen LogP contribution is -2.08. The topological polar surface area (TPSA) is 66.0 Å². The second kappa shape index (κ2) is 6.62. The molecule has 3 aromatic rings. The minimum atomic E-state index is 0.372. The van der Waals surface area contributed by atoms with Crippen LogP contribution < -0.4 is 10.5 Å². The van der Waals surface area contributed by atoms with E-state index in [4.69, 9.17) is 10.5 Å². The number of rotatable bonds is 5. The van der Waals surface area contributed by atoms with Gasteiger partial charge in [0.1, 0.15) is 11.4 Å². The molecule has 0 spiro atoms. The molecule has 0 aliphatic rings. The summed E-state index contributed by atoms with van der Waals surface area (Å²) in [6, 6.07) is 16.1. The molecule has 0 aliphatic heterocycles. The van der Waals surface area contributed by atoms with E-state index < -0.39 is 0 Å². The number of nitrogens with two attached hydrogens (primary N) is 1. The van der Waals surface area contributed by atoms with E-state index in [0.717, 1.165) is 40.4 Å². The second-order valence-electron chi connectivity index (χ2n) is 5.41. The van der Waals surface area contributed by atoms with Crippen molar-refractivity contribution < 1.29 is 4.74 Å². The summed E-state index contributed by atoms with van der Waals surface area (Å²) in [5, 5.41) is 8.56. The van der Waals surface area contributed by atoms with Gasteiger partial charge in [-0.05, 0) is 36.2 Å². The van der Waals surface area contributed by atoms with Crippen LogP contribution >= 0.6 is 0 Å². The van der Waals surface area contributed by atoms with Gasteiger partial charge in [0.15, 0.2) is 0 Å². The van der Waals surface area contributed by atoms with Crippen molar-refractivity contribution in [1.82, 2.24) is 15.0 Å². The molecule has 1 aromatic heterocycles. The molecule has 2 aromatic carbocycles. The van der Waals surface area contributed by atoms with Gasteiger partial charge in [0.05, 0.1) is 18.5 Å². The molecule has 3 rings (SSSR count). The summed E-state index contributed by atoms with van der Waals surface area (Å²) in [7, 11) is 1.67. The zero-order valence-corrected chi connectivity index (χ0v) is 13.4. The monoisotopic (exact) mass is 308 g/mol. The van der Waals surface area contributed by atoms with Crippen LogP contribution in [0.15, 0.2) is 48.5 Å². The third-order valence-electron chi connectivity index (χ3n) is 3.91. The van der Waals surface area contributed by atoms with E-state index >= 15 is 0 Å². The van der Waals surface area contributed by atoms with Gasteiger partial charge >= 0.3 is 0 Å². The molecular weight excluding hydrogens is 288 g/mol. The Morgan fingerprint density at radius 1 is 1.09 bits per heavy atom. The maximum absolute atomic E-state index is 5.84. The summed E-state index contributed by atoms with van der Waals surface area (Å²) in [4.78, 5) is 0. The highest BCUT2D eigenvalue weighted by Gasteiger charge is 2.15. The average Bonchev–Trinajstić information content (AvgIpc) is 2.98. The second-order valence-corrected chi connectivity index (χ2v) is 5.41. The molecule has 5 nitrogen and oxygen atoms in total. The van der Waals surface area contributed by atoms with Crippen molar-refractivity contribution in [3.63, 3.8) is 0 Å². The van der Waals surface area contributed by atoms with E-state index in [1.54, 1.807) is 7.11 Å². The zero-order chi connectivity index (χ0) is 16.2. The number of ether oxygens (including phenoxy) is 1. The van der Waals surface area contributed by atoms with Gasteiger partial charge in [0.2, 0.25) is 0 Å². The predicted molar refractivity (Wildman–Crippen MR) is 89.8 cm³/mol. The van der Waals surface area contributed by atoms with Crippen LogP contribution in [0.2, 0.25) is 0 Å². The maximum Gasteiger partial charge on any atom is 0.118 e. The molecule has 1 heterocycles. The quantitative estimate of drug-likeness (QED) is 0.787. The van der Waals surface area contributed by atoms with Gasteiger partial charge in [0, 0.05) is 13.0 Å². The van der Waals surface area contributed by atoms with Crippen LogP contribution in [0.5, 0.6) is 5.75 Å². The maximum atomic E-state index is 5.84. The number of aromatic nitrogens is 3. The lowest BCUT2D eigenvalue weighted by Gasteiger charge is -2.10. The van der Waals surface area contributed by atoms with Crippen LogP contribution in [-0.2, 0) is 13.0 Å². The van der Waals surface area contributed by atoms with E-state index in [1.807, 2.05) is 47.1 Å². The SMILES string of the molecule is COc1ccc(Cc2c(CN)nnn2-c2ccccc2C)cc1. The van der Waals surface area contributed by atoms with Crippen LogP contribution in [0.1, 0.15) is 22.5 Å². The number of aryl methyl sites for hydroxylation is 1. The summed E-state index contributed by atoms with van der Waals surface area (Å²) >= 11 is 0. The van der Waals surface area contributed by atoms with Crippen LogP contribution in [0.4, 0.5) is 0 Å². The van der Waals surface area contributed by atoms with Gasteiger partial charge in [-0.1, -0.05) is 35.5 Å². The summed E-state index contributed by atoms with van der Waals surface area (Å²) < 4.78 is 7.10. The van der Waals surface area contributed by atoms with Gasteiger partial charge in [-0.3, -0.25) is 0 Å². The molecule has 2 N–H and O–H groups in total. The van der Waals surface area contributed by atoms with E-state index in [1.165, 1.54) is 0 Å². The van der Waals surface area contributed by atoms with Crippen LogP contribution in [0, 0.1) is 6.92 Å². The van der Waals surface area contributed by atoms with Gasteiger partial charge in [-0.25, -0.2) is 4.68 Å². The van der Waals surface area contributed by atoms with E-state index in [-0.39, 0.29) is 0 Å². The minimum Gasteiger partial charge on any atom is -0.497 e. The fourth-order valence-corrected chi connectivity index (χ4v) is 2.60. The Morgan fingerprint density at radius 2 is 1.83 bits per heavy atom. The molecule has 0 saturated carbocycles. The number of benzene rings is 2. The summed E-state index contributed by atoms with van der Waals surface area (Å²) in [6.45, 7) is 2.44. The lowest BCUT2D eigenvalue weighted by molar-refractivity contribution is 0.414. The largest absolute Gasteiger partial charge is 0.497 e. The van der Waals surface area contributed by atoms with Crippen LogP contribution in [-0.4, -0.2) is 22.1 Å². The summed E-state index contributed by atoms with van der Waals surface area (Å²) in [5.74, 6) is 0.846. The van der Waals surface area contributed by atoms with Crippen molar-refractivity contribution in [2.45, 2.75) is 19.9 Å². The standard InChI is InChI=1S/C18H20N4O/c1-13-5-3-4-6-17(13)22-18(16(12-19)20-21-22)11-14-7-9-15(23-2)10-8-14/h3-10H,11-12,19H2,1-2H3. The van der Waals surface area contributed by atoms with Gasteiger partial charge in [-0.15, -0.1) is 5.10 Å². The van der Waals surface area contributed by atoms with Crippen molar-refractivity contribution in [1.29, 1.82) is 0 Å². The van der Waals surface area contributed by atoms with Gasteiger partial charge in [0.25, 0.3) is 0 Å². The van der Waals surface area contributed by atoms with Gasteiger partial charge < -0.3 is 10.5 Å². The highest BCUT2D eigenvalue weighted by molar-refractivity contribution is 5.42. The van der Waals surface area contributed by atoms with Crippen LogP contribution in [0.3, 0.4) is 0 Å². The highest BCUT2D eigenvalue weighted by Crippen LogP contribution is 2.20. The molecule has 5 heteroatoms. The normalized spacial score (nSPS) is 10.7. The number of hydrogen-bond acceptors (Lipinski definition) is 4. The summed E-state index contributed by atoms with van der Waals surface area (Å²) in [6.07, 6.45) is 0.720. The summed E-state index contributed by atoms with van der Waals surface area (Å²) in [5.41, 5.74) is 11.0. The molecule has 0 atom stereocenters. The molecular formula is C18H20N4O. The minimum absolute atomic E-state index is 0.372. The number of para-hydroxylation sites is 1. The lowest BCUT2D eigenvalue weighted by atomic mass is 10.1. The third kappa shape index (κ3) is 3.10. The molecule has 23 heavy (non-hydrogen) atoms. The van der Waals surface area contributed by atoms with E-state index in [9.17, 15) is 0 Å². The zero-order valence-electron chi connectivity index (χ0n) is 13.4. The molecule has 0 unspecified atom stereocenters. The Bertz CT molecular complexity index is 793. The Kier molecular flexibility index (Phi) is 4.39. The van der Waals surface area contributed by atoms with Crippen LogP contribution in [0.25, 0.3) is 5.69 Å². The smallest absolute Gasteiger partial charge is 0.118 e. The number of nitrogens with zero attached hydrogens (tertiary/aromatic N) is 3. The molecule has 0 saturated heterocycles. The predicted octanol–water partition coefficient (Wildman–Crippen LogP) is 2.63. The third-order valence-corrected chi connectivity index (χ3v) is 3.91. The van der Waals surface area contributed by atoms with Crippen molar-refractivity contribution in [3.05, 3.63) is 71.0 Å². The Hall–Kier alpha value is -2.66. The Balaban J connectivity index is 2.00. The molecule has 0 radical (unpaired) electrons. The highest BCUT2D eigenvalue weighted by atomic mass is 16.5. The number of methoxy groups -OCH3 is 1.